The second-order valence-corrected chi connectivity index (χ2v) is 6.10. The average Bonchev–Trinajstić information content (AvgIpc) is 2.98. The Bertz CT molecular complexity index is 575. The minimum atomic E-state index is 0.0652. The summed E-state index contributed by atoms with van der Waals surface area (Å²) in [5.74, 6) is 1.32. The molecule has 6 heteroatoms. The van der Waals surface area contributed by atoms with Gasteiger partial charge in [0.1, 0.15) is 11.6 Å². The van der Waals surface area contributed by atoms with Gasteiger partial charge in [-0.3, -0.25) is 0 Å². The number of nitrogens with zero attached hydrogens (tertiary/aromatic N) is 1. The maximum atomic E-state index is 6.14. The van der Waals surface area contributed by atoms with Gasteiger partial charge in [0.2, 0.25) is 0 Å². The van der Waals surface area contributed by atoms with Crippen LogP contribution in [0.1, 0.15) is 23.9 Å². The topological polar surface area (TPSA) is 57.4 Å². The minimum absolute atomic E-state index is 0.0652. The highest BCUT2D eigenvalue weighted by Gasteiger charge is 2.15. The highest BCUT2D eigenvalue weighted by molar-refractivity contribution is 7.09. The number of ether oxygens (including phenoxy) is 2. The summed E-state index contributed by atoms with van der Waals surface area (Å²) in [6.45, 7) is 2.46. The van der Waals surface area contributed by atoms with Crippen molar-refractivity contribution in [1.82, 2.24) is 4.98 Å². The zero-order valence-electron chi connectivity index (χ0n) is 12.1. The number of hydrogen-bond donors (Lipinski definition) is 1. The lowest BCUT2D eigenvalue weighted by molar-refractivity contribution is 0.280. The van der Waals surface area contributed by atoms with Gasteiger partial charge in [0.05, 0.1) is 7.11 Å². The van der Waals surface area contributed by atoms with Gasteiger partial charge in [-0.2, -0.15) is 0 Å². The third-order valence-electron chi connectivity index (χ3n) is 3.15. The van der Waals surface area contributed by atoms with E-state index in [0.29, 0.717) is 29.5 Å². The van der Waals surface area contributed by atoms with Crippen LogP contribution in [-0.4, -0.2) is 18.1 Å². The Balaban J connectivity index is 2.26. The van der Waals surface area contributed by atoms with Crippen molar-refractivity contribution in [2.24, 2.45) is 5.73 Å². The number of hydrogen-bond acceptors (Lipinski definition) is 5. The largest absolute Gasteiger partial charge is 0.493 e. The molecule has 2 rings (SSSR count). The molecule has 0 aliphatic heterocycles. The molecule has 4 nitrogen and oxygen atoms in total. The first-order chi connectivity index (χ1) is 10.1. The van der Waals surface area contributed by atoms with Crippen molar-refractivity contribution in [2.75, 3.05) is 7.11 Å². The molecule has 1 aromatic carbocycles. The van der Waals surface area contributed by atoms with Crippen LogP contribution in [0, 0.1) is 0 Å². The molecule has 2 aromatic rings. The predicted molar refractivity (Wildman–Crippen MR) is 86.4 cm³/mol. The molecule has 0 aliphatic rings. The number of halogens is 1. The fraction of sp³-hybridized carbons (Fsp3) is 0.400. The fourth-order valence-corrected chi connectivity index (χ4v) is 2.73. The predicted octanol–water partition coefficient (Wildman–Crippen LogP) is 3.66. The first-order valence-electron chi connectivity index (χ1n) is 6.77. The smallest absolute Gasteiger partial charge is 0.165 e. The summed E-state index contributed by atoms with van der Waals surface area (Å²) in [7, 11) is 1.60. The van der Waals surface area contributed by atoms with Crippen LogP contribution >= 0.6 is 22.9 Å². The van der Waals surface area contributed by atoms with Gasteiger partial charge in [-0.15, -0.1) is 11.3 Å². The number of rotatable bonds is 7. The average molecular weight is 327 g/mol. The molecule has 0 saturated carbocycles. The van der Waals surface area contributed by atoms with Crippen molar-refractivity contribution in [1.29, 1.82) is 0 Å². The van der Waals surface area contributed by atoms with Gasteiger partial charge in [0.25, 0.3) is 0 Å². The number of nitrogens with two attached hydrogens (primary N) is 1. The van der Waals surface area contributed by atoms with Gasteiger partial charge in [0.15, 0.2) is 11.5 Å². The lowest BCUT2D eigenvalue weighted by atomic mass is 10.0. The van der Waals surface area contributed by atoms with Crippen molar-refractivity contribution in [3.63, 3.8) is 0 Å². The third kappa shape index (κ3) is 4.33. The highest BCUT2D eigenvalue weighted by atomic mass is 35.5. The van der Waals surface area contributed by atoms with Crippen LogP contribution in [0.3, 0.4) is 0 Å². The highest BCUT2D eigenvalue weighted by Crippen LogP contribution is 2.36. The van der Waals surface area contributed by atoms with Crippen LogP contribution in [0.4, 0.5) is 0 Å². The van der Waals surface area contributed by atoms with Gasteiger partial charge in [-0.1, -0.05) is 18.5 Å². The van der Waals surface area contributed by atoms with Crippen molar-refractivity contribution in [3.05, 3.63) is 39.3 Å². The van der Waals surface area contributed by atoms with Crippen LogP contribution in [0.25, 0.3) is 0 Å². The second-order valence-electron chi connectivity index (χ2n) is 4.68. The Kier molecular flexibility index (Phi) is 5.85. The van der Waals surface area contributed by atoms with Crippen LogP contribution < -0.4 is 15.2 Å². The Morgan fingerprint density at radius 1 is 1.43 bits per heavy atom. The van der Waals surface area contributed by atoms with E-state index < -0.39 is 0 Å². The van der Waals surface area contributed by atoms with E-state index in [2.05, 4.69) is 11.9 Å². The monoisotopic (exact) mass is 326 g/mol. The second kappa shape index (κ2) is 7.64. The molecule has 1 unspecified atom stereocenters. The summed E-state index contributed by atoms with van der Waals surface area (Å²) in [6, 6.07) is 3.70. The lowest BCUT2D eigenvalue weighted by Gasteiger charge is -2.17. The summed E-state index contributed by atoms with van der Waals surface area (Å²) in [6.07, 6.45) is 3.34. The first kappa shape index (κ1) is 16.1. The quantitative estimate of drug-likeness (QED) is 0.843. The summed E-state index contributed by atoms with van der Waals surface area (Å²) in [4.78, 5) is 4.21. The number of benzene rings is 1. The van der Waals surface area contributed by atoms with Crippen molar-refractivity contribution >= 4 is 22.9 Å². The molecule has 0 bridgehead atoms. The molecule has 2 N–H and O–H groups in total. The van der Waals surface area contributed by atoms with Crippen LogP contribution in [0.2, 0.25) is 5.02 Å². The number of thiazole rings is 1. The summed E-state index contributed by atoms with van der Waals surface area (Å²) in [5, 5.41) is 3.45. The normalized spacial score (nSPS) is 12.2. The van der Waals surface area contributed by atoms with Gasteiger partial charge in [0, 0.05) is 34.3 Å². The van der Waals surface area contributed by atoms with Crippen LogP contribution in [0.5, 0.6) is 11.5 Å². The Morgan fingerprint density at radius 3 is 2.86 bits per heavy atom. The Labute approximate surface area is 133 Å². The molecular weight excluding hydrogens is 308 g/mol. The van der Waals surface area contributed by atoms with E-state index in [0.717, 1.165) is 17.0 Å². The molecule has 114 valence electrons. The zero-order valence-corrected chi connectivity index (χ0v) is 13.7. The van der Waals surface area contributed by atoms with Gasteiger partial charge in [-0.05, 0) is 18.9 Å². The molecule has 1 heterocycles. The third-order valence-corrected chi connectivity index (χ3v) is 4.12. The maximum absolute atomic E-state index is 6.14. The Hall–Kier alpha value is -1.30. The van der Waals surface area contributed by atoms with E-state index in [1.54, 1.807) is 30.7 Å². The molecule has 21 heavy (non-hydrogen) atoms. The number of methoxy groups -OCH3 is 1. The molecule has 0 saturated heterocycles. The van der Waals surface area contributed by atoms with E-state index >= 15 is 0 Å². The van der Waals surface area contributed by atoms with Crippen LogP contribution in [0.15, 0.2) is 23.7 Å². The first-order valence-corrected chi connectivity index (χ1v) is 8.03. The zero-order chi connectivity index (χ0) is 15.2. The molecule has 1 aromatic heterocycles. The van der Waals surface area contributed by atoms with E-state index in [4.69, 9.17) is 26.8 Å². The lowest BCUT2D eigenvalue weighted by Crippen LogP contribution is -2.21. The van der Waals surface area contributed by atoms with E-state index in [1.165, 1.54) is 0 Å². The maximum Gasteiger partial charge on any atom is 0.165 e. The van der Waals surface area contributed by atoms with Gasteiger partial charge < -0.3 is 15.2 Å². The van der Waals surface area contributed by atoms with Crippen molar-refractivity contribution < 1.29 is 9.47 Å². The molecule has 0 amide bonds. The van der Waals surface area contributed by atoms with E-state index in [-0.39, 0.29) is 6.04 Å². The molecule has 1 atom stereocenters. The SMILES string of the molecule is CCC(N)Cc1cc(Cl)cc(OC)c1OCc1nccs1. The molecular formula is C15H19ClN2O2S. The van der Waals surface area contributed by atoms with Crippen molar-refractivity contribution in [3.8, 4) is 11.5 Å². The summed E-state index contributed by atoms with van der Waals surface area (Å²) < 4.78 is 11.3. The molecule has 0 radical (unpaired) electrons. The standard InChI is InChI=1S/C15H19ClN2O2S/c1-3-12(17)7-10-6-11(16)8-13(19-2)15(10)20-9-14-18-4-5-21-14/h4-6,8,12H,3,7,9,17H2,1-2H3. The molecule has 0 aliphatic carbocycles. The fourth-order valence-electron chi connectivity index (χ4n) is 1.97. The van der Waals surface area contributed by atoms with Gasteiger partial charge in [-0.25, -0.2) is 4.98 Å². The van der Waals surface area contributed by atoms with Crippen molar-refractivity contribution in [2.45, 2.75) is 32.4 Å². The minimum Gasteiger partial charge on any atom is -0.493 e. The van der Waals surface area contributed by atoms with Crippen LogP contribution in [-0.2, 0) is 13.0 Å². The molecule has 0 fully saturated rings. The van der Waals surface area contributed by atoms with Gasteiger partial charge >= 0.3 is 0 Å². The summed E-state index contributed by atoms with van der Waals surface area (Å²) >= 11 is 7.70. The Morgan fingerprint density at radius 2 is 2.24 bits per heavy atom. The number of aromatic nitrogens is 1. The molecule has 0 spiro atoms. The van der Waals surface area contributed by atoms with E-state index in [1.807, 2.05) is 11.4 Å². The van der Waals surface area contributed by atoms with E-state index in [9.17, 15) is 0 Å². The summed E-state index contributed by atoms with van der Waals surface area (Å²) in [5.41, 5.74) is 7.02.